The van der Waals surface area contributed by atoms with E-state index in [0.29, 0.717) is 10.8 Å². The molecule has 0 radical (unpaired) electrons. The van der Waals surface area contributed by atoms with Gasteiger partial charge in [-0.25, -0.2) is 0 Å². The Labute approximate surface area is 82.1 Å². The van der Waals surface area contributed by atoms with E-state index in [9.17, 15) is 5.11 Å². The maximum absolute atomic E-state index is 9.79. The standard InChI is InChI=1S/C10H11ClO2/c1-13-9-3-2-7(6-8(9)11)10(12)4-5-10/h2-3,6,12H,4-5H2,1H3. The van der Waals surface area contributed by atoms with Crippen LogP contribution in [0.5, 0.6) is 5.75 Å². The van der Waals surface area contributed by atoms with E-state index in [0.717, 1.165) is 18.4 Å². The van der Waals surface area contributed by atoms with Crippen molar-refractivity contribution in [3.8, 4) is 5.75 Å². The zero-order chi connectivity index (χ0) is 9.47. The van der Waals surface area contributed by atoms with Gasteiger partial charge in [0.15, 0.2) is 0 Å². The fraction of sp³-hybridized carbons (Fsp3) is 0.400. The van der Waals surface area contributed by atoms with E-state index in [1.165, 1.54) is 0 Å². The third-order valence-corrected chi connectivity index (χ3v) is 2.71. The van der Waals surface area contributed by atoms with E-state index in [1.54, 1.807) is 19.2 Å². The van der Waals surface area contributed by atoms with Crippen molar-refractivity contribution in [1.29, 1.82) is 0 Å². The highest BCUT2D eigenvalue weighted by molar-refractivity contribution is 6.32. The van der Waals surface area contributed by atoms with Gasteiger partial charge in [-0.3, -0.25) is 0 Å². The van der Waals surface area contributed by atoms with Crippen LogP contribution in [0, 0.1) is 0 Å². The number of hydrogen-bond acceptors (Lipinski definition) is 2. The van der Waals surface area contributed by atoms with Gasteiger partial charge in [-0.15, -0.1) is 0 Å². The fourth-order valence-electron chi connectivity index (χ4n) is 1.36. The molecule has 0 atom stereocenters. The quantitative estimate of drug-likeness (QED) is 0.791. The van der Waals surface area contributed by atoms with E-state index in [4.69, 9.17) is 16.3 Å². The first-order valence-corrected chi connectivity index (χ1v) is 4.60. The largest absolute Gasteiger partial charge is 0.495 e. The Morgan fingerprint density at radius 3 is 2.62 bits per heavy atom. The first-order valence-electron chi connectivity index (χ1n) is 4.22. The summed E-state index contributed by atoms with van der Waals surface area (Å²) in [6.45, 7) is 0. The van der Waals surface area contributed by atoms with Crippen molar-refractivity contribution in [2.75, 3.05) is 7.11 Å². The predicted octanol–water partition coefficient (Wildman–Crippen LogP) is 2.33. The molecule has 0 unspecified atom stereocenters. The highest BCUT2D eigenvalue weighted by Gasteiger charge is 2.42. The summed E-state index contributed by atoms with van der Waals surface area (Å²) in [5.74, 6) is 0.648. The molecular formula is C10H11ClO2. The Morgan fingerprint density at radius 1 is 1.46 bits per heavy atom. The molecule has 70 valence electrons. The van der Waals surface area contributed by atoms with E-state index in [1.807, 2.05) is 6.07 Å². The van der Waals surface area contributed by atoms with Gasteiger partial charge in [-0.2, -0.15) is 0 Å². The topological polar surface area (TPSA) is 29.5 Å². The molecule has 2 nitrogen and oxygen atoms in total. The molecule has 3 heteroatoms. The molecule has 0 bridgehead atoms. The number of methoxy groups -OCH3 is 1. The molecule has 0 aliphatic heterocycles. The zero-order valence-corrected chi connectivity index (χ0v) is 8.14. The highest BCUT2D eigenvalue weighted by Crippen LogP contribution is 2.46. The summed E-state index contributed by atoms with van der Waals surface area (Å²) in [5.41, 5.74) is 0.272. The normalized spacial score (nSPS) is 18.4. The number of benzene rings is 1. The molecular weight excluding hydrogens is 188 g/mol. The van der Waals surface area contributed by atoms with Crippen LogP contribution in [-0.4, -0.2) is 12.2 Å². The van der Waals surface area contributed by atoms with E-state index in [-0.39, 0.29) is 0 Å². The van der Waals surface area contributed by atoms with E-state index < -0.39 is 5.60 Å². The lowest BCUT2D eigenvalue weighted by Crippen LogP contribution is -2.03. The Bertz CT molecular complexity index is 332. The number of hydrogen-bond donors (Lipinski definition) is 1. The van der Waals surface area contributed by atoms with Gasteiger partial charge < -0.3 is 9.84 Å². The van der Waals surface area contributed by atoms with Crippen molar-refractivity contribution in [1.82, 2.24) is 0 Å². The average molecular weight is 199 g/mol. The highest BCUT2D eigenvalue weighted by atomic mass is 35.5. The van der Waals surface area contributed by atoms with Gasteiger partial charge in [0.05, 0.1) is 17.7 Å². The van der Waals surface area contributed by atoms with Crippen molar-refractivity contribution in [2.24, 2.45) is 0 Å². The molecule has 0 saturated heterocycles. The first-order chi connectivity index (χ1) is 6.15. The molecule has 1 saturated carbocycles. The molecule has 1 N–H and O–H groups in total. The number of ether oxygens (including phenoxy) is 1. The summed E-state index contributed by atoms with van der Waals surface area (Å²) in [7, 11) is 1.58. The van der Waals surface area contributed by atoms with E-state index >= 15 is 0 Å². The van der Waals surface area contributed by atoms with Gasteiger partial charge in [0.25, 0.3) is 0 Å². The molecule has 0 heterocycles. The van der Waals surface area contributed by atoms with Crippen molar-refractivity contribution < 1.29 is 9.84 Å². The summed E-state index contributed by atoms with van der Waals surface area (Å²) >= 11 is 5.93. The van der Waals surface area contributed by atoms with Gasteiger partial charge in [0.1, 0.15) is 5.75 Å². The monoisotopic (exact) mass is 198 g/mol. The number of rotatable bonds is 2. The average Bonchev–Trinajstić information content (AvgIpc) is 2.85. The Balaban J connectivity index is 2.36. The summed E-state index contributed by atoms with van der Waals surface area (Å²) in [6.07, 6.45) is 1.66. The van der Waals surface area contributed by atoms with Gasteiger partial charge in [0.2, 0.25) is 0 Å². The van der Waals surface area contributed by atoms with Crippen LogP contribution >= 0.6 is 11.6 Å². The van der Waals surface area contributed by atoms with Crippen LogP contribution in [0.25, 0.3) is 0 Å². The lowest BCUT2D eigenvalue weighted by atomic mass is 10.1. The van der Waals surface area contributed by atoms with Crippen molar-refractivity contribution >= 4 is 11.6 Å². The Kier molecular flexibility index (Phi) is 1.97. The van der Waals surface area contributed by atoms with E-state index in [2.05, 4.69) is 0 Å². The first kappa shape index (κ1) is 8.85. The van der Waals surface area contributed by atoms with Gasteiger partial charge in [-0.05, 0) is 30.5 Å². The van der Waals surface area contributed by atoms with Crippen LogP contribution in [0.2, 0.25) is 5.02 Å². The second-order valence-corrected chi connectivity index (χ2v) is 3.79. The maximum atomic E-state index is 9.79. The molecule has 1 aromatic carbocycles. The smallest absolute Gasteiger partial charge is 0.137 e. The van der Waals surface area contributed by atoms with Crippen LogP contribution in [0.3, 0.4) is 0 Å². The number of aliphatic hydroxyl groups is 1. The second kappa shape index (κ2) is 2.89. The fourth-order valence-corrected chi connectivity index (χ4v) is 1.62. The SMILES string of the molecule is COc1ccc(C2(O)CC2)cc1Cl. The Morgan fingerprint density at radius 2 is 2.15 bits per heavy atom. The van der Waals surface area contributed by atoms with Crippen molar-refractivity contribution in [2.45, 2.75) is 18.4 Å². The van der Waals surface area contributed by atoms with Crippen LogP contribution < -0.4 is 4.74 Å². The maximum Gasteiger partial charge on any atom is 0.137 e. The summed E-state index contributed by atoms with van der Waals surface area (Å²) < 4.78 is 5.02. The predicted molar refractivity (Wildman–Crippen MR) is 51.1 cm³/mol. The molecule has 1 aliphatic rings. The molecule has 1 fully saturated rings. The Hall–Kier alpha value is -0.730. The molecule has 0 amide bonds. The van der Waals surface area contributed by atoms with Gasteiger partial charge in [-0.1, -0.05) is 17.7 Å². The van der Waals surface area contributed by atoms with Gasteiger partial charge >= 0.3 is 0 Å². The molecule has 13 heavy (non-hydrogen) atoms. The molecule has 0 aromatic heterocycles. The van der Waals surface area contributed by atoms with Crippen LogP contribution in [-0.2, 0) is 5.60 Å². The minimum atomic E-state index is -0.615. The minimum absolute atomic E-state index is 0.556. The summed E-state index contributed by atoms with van der Waals surface area (Å²) in [5, 5.41) is 10.3. The lowest BCUT2D eigenvalue weighted by molar-refractivity contribution is 0.151. The summed E-state index contributed by atoms with van der Waals surface area (Å²) in [4.78, 5) is 0. The van der Waals surface area contributed by atoms with Crippen LogP contribution in [0.4, 0.5) is 0 Å². The minimum Gasteiger partial charge on any atom is -0.495 e. The van der Waals surface area contributed by atoms with Crippen LogP contribution in [0.15, 0.2) is 18.2 Å². The molecule has 2 rings (SSSR count). The third-order valence-electron chi connectivity index (χ3n) is 2.41. The lowest BCUT2D eigenvalue weighted by Gasteiger charge is -2.10. The molecule has 0 spiro atoms. The summed E-state index contributed by atoms with van der Waals surface area (Å²) in [6, 6.07) is 5.42. The molecule has 1 aromatic rings. The van der Waals surface area contributed by atoms with Crippen molar-refractivity contribution in [3.63, 3.8) is 0 Å². The molecule has 1 aliphatic carbocycles. The van der Waals surface area contributed by atoms with Gasteiger partial charge in [0, 0.05) is 0 Å². The second-order valence-electron chi connectivity index (χ2n) is 3.38. The van der Waals surface area contributed by atoms with Crippen LogP contribution in [0.1, 0.15) is 18.4 Å². The zero-order valence-electron chi connectivity index (χ0n) is 7.38. The number of halogens is 1. The third kappa shape index (κ3) is 1.52. The van der Waals surface area contributed by atoms with Crippen molar-refractivity contribution in [3.05, 3.63) is 28.8 Å².